The number of benzene rings is 1. The second kappa shape index (κ2) is 6.57. The van der Waals surface area contributed by atoms with E-state index >= 15 is 0 Å². The molecule has 0 heterocycles. The molecule has 0 radical (unpaired) electrons. The standard InChI is InChI=1S/C12H16ClFN2O/c1-3-6-15-8(2)12(17)16-11-5-4-9(13)7-10(11)14/h4-5,7-8,15H,3,6H2,1-2H3,(H,16,17). The highest BCUT2D eigenvalue weighted by molar-refractivity contribution is 6.30. The van der Waals surface area contributed by atoms with E-state index in [1.807, 2.05) is 6.92 Å². The van der Waals surface area contributed by atoms with Crippen LogP contribution in [-0.2, 0) is 4.79 Å². The zero-order chi connectivity index (χ0) is 12.8. The predicted molar refractivity (Wildman–Crippen MR) is 67.8 cm³/mol. The molecule has 2 N–H and O–H groups in total. The molecule has 3 nitrogen and oxygen atoms in total. The molecule has 0 spiro atoms. The summed E-state index contributed by atoms with van der Waals surface area (Å²) in [6.45, 7) is 4.49. The van der Waals surface area contributed by atoms with Crippen LogP contribution in [-0.4, -0.2) is 18.5 Å². The SMILES string of the molecule is CCCNC(C)C(=O)Nc1ccc(Cl)cc1F. The average Bonchev–Trinajstić information content (AvgIpc) is 2.29. The molecule has 0 fully saturated rings. The van der Waals surface area contributed by atoms with Gasteiger partial charge in [0.15, 0.2) is 0 Å². The van der Waals surface area contributed by atoms with E-state index in [2.05, 4.69) is 10.6 Å². The number of rotatable bonds is 5. The molecule has 17 heavy (non-hydrogen) atoms. The summed E-state index contributed by atoms with van der Waals surface area (Å²) in [6.07, 6.45) is 0.937. The Hall–Kier alpha value is -1.13. The molecule has 1 aromatic rings. The number of nitrogens with one attached hydrogen (secondary N) is 2. The summed E-state index contributed by atoms with van der Waals surface area (Å²) < 4.78 is 13.4. The van der Waals surface area contributed by atoms with Crippen molar-refractivity contribution in [2.24, 2.45) is 0 Å². The van der Waals surface area contributed by atoms with Gasteiger partial charge in [-0.15, -0.1) is 0 Å². The summed E-state index contributed by atoms with van der Waals surface area (Å²) in [5.74, 6) is -0.798. The Labute approximate surface area is 105 Å². The van der Waals surface area contributed by atoms with Crippen molar-refractivity contribution in [2.45, 2.75) is 26.3 Å². The van der Waals surface area contributed by atoms with Crippen molar-refractivity contribution in [1.29, 1.82) is 0 Å². The average molecular weight is 259 g/mol. The maximum absolute atomic E-state index is 13.4. The lowest BCUT2D eigenvalue weighted by Crippen LogP contribution is -2.38. The third kappa shape index (κ3) is 4.32. The Morgan fingerprint density at radius 3 is 2.82 bits per heavy atom. The third-order valence-electron chi connectivity index (χ3n) is 2.28. The van der Waals surface area contributed by atoms with Crippen LogP contribution in [0.3, 0.4) is 0 Å². The Kier molecular flexibility index (Phi) is 5.38. The van der Waals surface area contributed by atoms with Crippen LogP contribution in [0.5, 0.6) is 0 Å². The first kappa shape index (κ1) is 13.9. The minimum Gasteiger partial charge on any atom is -0.322 e. The summed E-state index contributed by atoms with van der Waals surface area (Å²) in [5, 5.41) is 5.84. The van der Waals surface area contributed by atoms with E-state index in [4.69, 9.17) is 11.6 Å². The van der Waals surface area contributed by atoms with Crippen LogP contribution < -0.4 is 10.6 Å². The lowest BCUT2D eigenvalue weighted by molar-refractivity contribution is -0.117. The maximum Gasteiger partial charge on any atom is 0.241 e. The number of carbonyl (C=O) groups excluding carboxylic acids is 1. The zero-order valence-electron chi connectivity index (χ0n) is 9.89. The number of amides is 1. The first-order valence-electron chi connectivity index (χ1n) is 5.54. The summed E-state index contributed by atoms with van der Waals surface area (Å²) in [5.41, 5.74) is 0.143. The fourth-order valence-electron chi connectivity index (χ4n) is 1.29. The molecule has 1 aromatic carbocycles. The Morgan fingerprint density at radius 1 is 1.53 bits per heavy atom. The summed E-state index contributed by atoms with van der Waals surface area (Å²) in [4.78, 5) is 11.7. The van der Waals surface area contributed by atoms with Crippen LogP contribution in [0.4, 0.5) is 10.1 Å². The molecule has 1 rings (SSSR count). The van der Waals surface area contributed by atoms with Gasteiger partial charge < -0.3 is 10.6 Å². The third-order valence-corrected chi connectivity index (χ3v) is 2.52. The van der Waals surface area contributed by atoms with Gasteiger partial charge in [-0.25, -0.2) is 4.39 Å². The number of carbonyl (C=O) groups is 1. The van der Waals surface area contributed by atoms with Crippen LogP contribution >= 0.6 is 11.6 Å². The van der Waals surface area contributed by atoms with Crippen LogP contribution in [0.2, 0.25) is 5.02 Å². The quantitative estimate of drug-likeness (QED) is 0.853. The van der Waals surface area contributed by atoms with Gasteiger partial charge in [-0.1, -0.05) is 18.5 Å². The molecule has 1 atom stereocenters. The second-order valence-corrected chi connectivity index (χ2v) is 4.23. The van der Waals surface area contributed by atoms with E-state index in [1.54, 1.807) is 6.92 Å². The number of halogens is 2. The van der Waals surface area contributed by atoms with Crippen molar-refractivity contribution in [3.63, 3.8) is 0 Å². The van der Waals surface area contributed by atoms with E-state index in [9.17, 15) is 9.18 Å². The Morgan fingerprint density at radius 2 is 2.24 bits per heavy atom. The predicted octanol–water partition coefficient (Wildman–Crippen LogP) is 2.81. The molecule has 0 saturated heterocycles. The summed E-state index contributed by atoms with van der Waals surface area (Å²) in [7, 11) is 0. The molecule has 0 aromatic heterocycles. The normalized spacial score (nSPS) is 12.2. The fraction of sp³-hybridized carbons (Fsp3) is 0.417. The van der Waals surface area contributed by atoms with E-state index in [0.717, 1.165) is 13.0 Å². The molecular weight excluding hydrogens is 243 g/mol. The largest absolute Gasteiger partial charge is 0.322 e. The van der Waals surface area contributed by atoms with Crippen LogP contribution in [0.1, 0.15) is 20.3 Å². The smallest absolute Gasteiger partial charge is 0.241 e. The highest BCUT2D eigenvalue weighted by Crippen LogP contribution is 2.18. The maximum atomic E-state index is 13.4. The molecule has 0 bridgehead atoms. The van der Waals surface area contributed by atoms with Crippen molar-refractivity contribution in [1.82, 2.24) is 5.32 Å². The first-order valence-corrected chi connectivity index (χ1v) is 5.91. The van der Waals surface area contributed by atoms with E-state index < -0.39 is 5.82 Å². The number of hydrogen-bond donors (Lipinski definition) is 2. The molecule has 0 aliphatic heterocycles. The fourth-order valence-corrected chi connectivity index (χ4v) is 1.44. The minimum atomic E-state index is -0.534. The van der Waals surface area contributed by atoms with Gasteiger partial charge in [0.25, 0.3) is 0 Å². The highest BCUT2D eigenvalue weighted by atomic mass is 35.5. The van der Waals surface area contributed by atoms with Crippen LogP contribution in [0, 0.1) is 5.82 Å². The van der Waals surface area contributed by atoms with E-state index in [-0.39, 0.29) is 17.6 Å². The summed E-state index contributed by atoms with van der Waals surface area (Å²) >= 11 is 5.62. The molecule has 1 amide bonds. The topological polar surface area (TPSA) is 41.1 Å². The molecule has 0 aliphatic carbocycles. The van der Waals surface area contributed by atoms with Gasteiger partial charge >= 0.3 is 0 Å². The Balaban J connectivity index is 2.61. The molecule has 0 saturated carbocycles. The number of hydrogen-bond acceptors (Lipinski definition) is 2. The van der Waals surface area contributed by atoms with E-state index in [1.165, 1.54) is 18.2 Å². The van der Waals surface area contributed by atoms with Crippen molar-refractivity contribution in [3.05, 3.63) is 29.0 Å². The zero-order valence-corrected chi connectivity index (χ0v) is 10.6. The monoisotopic (exact) mass is 258 g/mol. The van der Waals surface area contributed by atoms with Gasteiger partial charge in [-0.3, -0.25) is 4.79 Å². The van der Waals surface area contributed by atoms with Gasteiger partial charge in [-0.05, 0) is 38.1 Å². The van der Waals surface area contributed by atoms with Gasteiger partial charge in [0.1, 0.15) is 5.82 Å². The molecule has 5 heteroatoms. The van der Waals surface area contributed by atoms with Crippen molar-refractivity contribution in [2.75, 3.05) is 11.9 Å². The minimum absolute atomic E-state index is 0.143. The second-order valence-electron chi connectivity index (χ2n) is 3.79. The number of anilines is 1. The van der Waals surface area contributed by atoms with Crippen molar-refractivity contribution in [3.8, 4) is 0 Å². The summed E-state index contributed by atoms with van der Waals surface area (Å²) in [6, 6.07) is 3.79. The lowest BCUT2D eigenvalue weighted by atomic mass is 10.2. The molecule has 1 unspecified atom stereocenters. The van der Waals surface area contributed by atoms with Gasteiger partial charge in [0.05, 0.1) is 11.7 Å². The lowest BCUT2D eigenvalue weighted by Gasteiger charge is -2.13. The van der Waals surface area contributed by atoms with Crippen LogP contribution in [0.25, 0.3) is 0 Å². The first-order chi connectivity index (χ1) is 8.04. The van der Waals surface area contributed by atoms with Crippen LogP contribution in [0.15, 0.2) is 18.2 Å². The van der Waals surface area contributed by atoms with Gasteiger partial charge in [0.2, 0.25) is 5.91 Å². The molecule has 94 valence electrons. The van der Waals surface area contributed by atoms with E-state index in [0.29, 0.717) is 5.02 Å². The molecule has 0 aliphatic rings. The molecular formula is C12H16ClFN2O. The van der Waals surface area contributed by atoms with Crippen molar-refractivity contribution < 1.29 is 9.18 Å². The van der Waals surface area contributed by atoms with Gasteiger partial charge in [0, 0.05) is 5.02 Å². The highest BCUT2D eigenvalue weighted by Gasteiger charge is 2.13. The Bertz CT molecular complexity index is 398. The van der Waals surface area contributed by atoms with Crippen molar-refractivity contribution >= 4 is 23.2 Å². The van der Waals surface area contributed by atoms with Gasteiger partial charge in [-0.2, -0.15) is 0 Å².